The van der Waals surface area contributed by atoms with Gasteiger partial charge in [0.1, 0.15) is 0 Å². The SMILES string of the molecule is COC(=O)c1ccc2c(c1)CN(C(=O)C1CC3CCCC(C1)C3N)CC2. The number of esters is 1. The quantitative estimate of drug-likeness (QED) is 0.827. The molecule has 2 bridgehead atoms. The number of carbonyl (C=O) groups is 2. The Balaban J connectivity index is 1.48. The number of carbonyl (C=O) groups excluding carboxylic acids is 2. The van der Waals surface area contributed by atoms with E-state index in [1.165, 1.54) is 31.9 Å². The van der Waals surface area contributed by atoms with E-state index in [1.54, 1.807) is 0 Å². The summed E-state index contributed by atoms with van der Waals surface area (Å²) in [6.07, 6.45) is 6.35. The topological polar surface area (TPSA) is 72.6 Å². The predicted octanol–water partition coefficient (Wildman–Crippen LogP) is 2.51. The Morgan fingerprint density at radius 3 is 2.58 bits per heavy atom. The molecular weight excluding hydrogens is 328 g/mol. The van der Waals surface area contributed by atoms with E-state index in [9.17, 15) is 9.59 Å². The third kappa shape index (κ3) is 3.13. The average Bonchev–Trinajstić information content (AvgIpc) is 2.65. The number of hydrogen-bond donors (Lipinski definition) is 1. The fraction of sp³-hybridized carbons (Fsp3) is 0.619. The number of nitrogens with zero attached hydrogens (tertiary/aromatic N) is 1. The summed E-state index contributed by atoms with van der Waals surface area (Å²) >= 11 is 0. The summed E-state index contributed by atoms with van der Waals surface area (Å²) in [6.45, 7) is 1.36. The maximum Gasteiger partial charge on any atom is 0.337 e. The van der Waals surface area contributed by atoms with Crippen LogP contribution in [0.25, 0.3) is 0 Å². The lowest BCUT2D eigenvalue weighted by molar-refractivity contribution is -0.139. The molecule has 2 unspecified atom stereocenters. The highest BCUT2D eigenvalue weighted by molar-refractivity contribution is 5.89. The van der Waals surface area contributed by atoms with Crippen molar-refractivity contribution in [3.05, 3.63) is 34.9 Å². The van der Waals surface area contributed by atoms with Gasteiger partial charge in [0, 0.05) is 25.0 Å². The summed E-state index contributed by atoms with van der Waals surface area (Å²) in [6, 6.07) is 5.98. The van der Waals surface area contributed by atoms with Gasteiger partial charge in [-0.05, 0) is 67.2 Å². The molecule has 1 heterocycles. The maximum atomic E-state index is 13.2. The van der Waals surface area contributed by atoms with Gasteiger partial charge in [-0.25, -0.2) is 4.79 Å². The predicted molar refractivity (Wildman–Crippen MR) is 98.4 cm³/mol. The second-order valence-corrected chi connectivity index (χ2v) is 8.18. The molecule has 5 nitrogen and oxygen atoms in total. The monoisotopic (exact) mass is 356 g/mol. The third-order valence-electron chi connectivity index (χ3n) is 6.71. The molecule has 1 aromatic carbocycles. The summed E-state index contributed by atoms with van der Waals surface area (Å²) in [4.78, 5) is 26.9. The molecule has 1 aliphatic heterocycles. The van der Waals surface area contributed by atoms with Crippen LogP contribution in [0.4, 0.5) is 0 Å². The molecule has 140 valence electrons. The van der Waals surface area contributed by atoms with Gasteiger partial charge in [-0.1, -0.05) is 12.5 Å². The first-order valence-electron chi connectivity index (χ1n) is 9.81. The Morgan fingerprint density at radius 1 is 1.15 bits per heavy atom. The molecule has 2 aliphatic carbocycles. The van der Waals surface area contributed by atoms with E-state index in [-0.39, 0.29) is 23.8 Å². The van der Waals surface area contributed by atoms with Crippen molar-refractivity contribution >= 4 is 11.9 Å². The van der Waals surface area contributed by atoms with Gasteiger partial charge in [-0.3, -0.25) is 4.79 Å². The summed E-state index contributed by atoms with van der Waals surface area (Å²) in [5.74, 6) is 1.10. The van der Waals surface area contributed by atoms with E-state index in [2.05, 4.69) is 0 Å². The molecular formula is C21H28N2O3. The largest absolute Gasteiger partial charge is 0.465 e. The van der Waals surface area contributed by atoms with E-state index in [0.29, 0.717) is 23.9 Å². The average molecular weight is 356 g/mol. The van der Waals surface area contributed by atoms with Gasteiger partial charge in [-0.2, -0.15) is 0 Å². The number of benzene rings is 1. The van der Waals surface area contributed by atoms with Gasteiger partial charge in [0.25, 0.3) is 0 Å². The molecule has 0 spiro atoms. The first kappa shape index (κ1) is 17.5. The molecule has 4 rings (SSSR count). The summed E-state index contributed by atoms with van der Waals surface area (Å²) in [5.41, 5.74) is 9.23. The molecule has 26 heavy (non-hydrogen) atoms. The van der Waals surface area contributed by atoms with Crippen molar-refractivity contribution in [2.24, 2.45) is 23.5 Å². The van der Waals surface area contributed by atoms with Crippen LogP contribution < -0.4 is 5.73 Å². The standard InChI is InChI=1S/C21H28N2O3/c1-26-21(25)16-6-5-13-7-8-23(12-18(13)11-16)20(24)17-9-14-3-2-4-15(10-17)19(14)22/h5-6,11,14-15,17,19H,2-4,7-10,12,22H2,1H3. The normalized spacial score (nSPS) is 30.5. The van der Waals surface area contributed by atoms with Crippen molar-refractivity contribution in [1.29, 1.82) is 0 Å². The lowest BCUT2D eigenvalue weighted by Crippen LogP contribution is -2.50. The van der Waals surface area contributed by atoms with Gasteiger partial charge >= 0.3 is 5.97 Å². The number of nitrogens with two attached hydrogens (primary N) is 1. The fourth-order valence-corrected chi connectivity index (χ4v) is 5.24. The molecule has 0 saturated heterocycles. The number of rotatable bonds is 2. The van der Waals surface area contributed by atoms with Crippen molar-refractivity contribution in [2.45, 2.75) is 51.1 Å². The van der Waals surface area contributed by atoms with Crippen LogP contribution in [0.1, 0.15) is 53.6 Å². The van der Waals surface area contributed by atoms with Gasteiger partial charge in [0.05, 0.1) is 12.7 Å². The second-order valence-electron chi connectivity index (χ2n) is 8.18. The number of amides is 1. The zero-order valence-electron chi connectivity index (χ0n) is 15.4. The third-order valence-corrected chi connectivity index (χ3v) is 6.71. The van der Waals surface area contributed by atoms with Crippen LogP contribution in [-0.4, -0.2) is 36.5 Å². The zero-order valence-corrected chi connectivity index (χ0v) is 15.4. The van der Waals surface area contributed by atoms with Crippen molar-refractivity contribution in [2.75, 3.05) is 13.7 Å². The Hall–Kier alpha value is -1.88. The van der Waals surface area contributed by atoms with Crippen molar-refractivity contribution in [3.8, 4) is 0 Å². The van der Waals surface area contributed by atoms with E-state index in [1.807, 2.05) is 23.1 Å². The molecule has 2 saturated carbocycles. The van der Waals surface area contributed by atoms with Crippen LogP contribution in [0.2, 0.25) is 0 Å². The van der Waals surface area contributed by atoms with E-state index in [4.69, 9.17) is 10.5 Å². The second kappa shape index (κ2) is 7.03. The Labute approximate surface area is 154 Å². The minimum atomic E-state index is -0.328. The Morgan fingerprint density at radius 2 is 1.88 bits per heavy atom. The van der Waals surface area contributed by atoms with E-state index < -0.39 is 0 Å². The van der Waals surface area contributed by atoms with Crippen molar-refractivity contribution < 1.29 is 14.3 Å². The number of fused-ring (bicyclic) bond motifs is 3. The molecule has 3 aliphatic rings. The molecule has 2 atom stereocenters. The molecule has 0 radical (unpaired) electrons. The van der Waals surface area contributed by atoms with Crippen molar-refractivity contribution in [1.82, 2.24) is 4.90 Å². The van der Waals surface area contributed by atoms with Crippen LogP contribution >= 0.6 is 0 Å². The first-order valence-corrected chi connectivity index (χ1v) is 9.81. The minimum Gasteiger partial charge on any atom is -0.465 e. The van der Waals surface area contributed by atoms with Crippen LogP contribution in [0.5, 0.6) is 0 Å². The maximum absolute atomic E-state index is 13.2. The molecule has 1 amide bonds. The summed E-state index contributed by atoms with van der Waals surface area (Å²) < 4.78 is 4.82. The number of ether oxygens (including phenoxy) is 1. The Kier molecular flexibility index (Phi) is 4.74. The van der Waals surface area contributed by atoms with Gasteiger partial charge in [0.15, 0.2) is 0 Å². The Bertz CT molecular complexity index is 703. The number of hydrogen-bond acceptors (Lipinski definition) is 4. The minimum absolute atomic E-state index is 0.121. The highest BCUT2D eigenvalue weighted by Crippen LogP contribution is 2.42. The zero-order chi connectivity index (χ0) is 18.3. The van der Waals surface area contributed by atoms with Gasteiger partial charge in [0.2, 0.25) is 5.91 Å². The fourth-order valence-electron chi connectivity index (χ4n) is 5.24. The molecule has 1 aromatic rings. The van der Waals surface area contributed by atoms with Crippen molar-refractivity contribution in [3.63, 3.8) is 0 Å². The lowest BCUT2D eigenvalue weighted by Gasteiger charge is -2.45. The van der Waals surface area contributed by atoms with Crippen LogP contribution in [0, 0.1) is 17.8 Å². The lowest BCUT2D eigenvalue weighted by atomic mass is 9.65. The molecule has 2 N–H and O–H groups in total. The molecule has 2 fully saturated rings. The number of methoxy groups -OCH3 is 1. The van der Waals surface area contributed by atoms with E-state index in [0.717, 1.165) is 31.4 Å². The highest BCUT2D eigenvalue weighted by Gasteiger charge is 2.41. The van der Waals surface area contributed by atoms with Crippen LogP contribution in [0.3, 0.4) is 0 Å². The molecule has 5 heteroatoms. The van der Waals surface area contributed by atoms with E-state index >= 15 is 0 Å². The van der Waals surface area contributed by atoms with Crippen LogP contribution in [0.15, 0.2) is 18.2 Å². The highest BCUT2D eigenvalue weighted by atomic mass is 16.5. The van der Waals surface area contributed by atoms with Gasteiger partial charge in [-0.15, -0.1) is 0 Å². The van der Waals surface area contributed by atoms with Gasteiger partial charge < -0.3 is 15.4 Å². The first-order chi connectivity index (χ1) is 12.6. The summed E-state index contributed by atoms with van der Waals surface area (Å²) in [5, 5.41) is 0. The molecule has 0 aromatic heterocycles. The van der Waals surface area contributed by atoms with Crippen LogP contribution in [-0.2, 0) is 22.5 Å². The summed E-state index contributed by atoms with van der Waals surface area (Å²) in [7, 11) is 1.39. The smallest absolute Gasteiger partial charge is 0.337 e.